The van der Waals surface area contributed by atoms with Gasteiger partial charge < -0.3 is 15.5 Å². The van der Waals surface area contributed by atoms with Crippen LogP contribution < -0.4 is 40.0 Å². The maximum Gasteiger partial charge on any atom is 1.00 e. The largest absolute Gasteiger partial charge is 1.00 e. The Kier molecular flexibility index (Phi) is 27.7. The summed E-state index contributed by atoms with van der Waals surface area (Å²) in [5, 5.41) is 23.8. The van der Waals surface area contributed by atoms with Gasteiger partial charge in [-0.2, -0.15) is 0 Å². The molecule has 2 N–H and O–H groups in total. The first-order chi connectivity index (χ1) is 16.4. The first-order valence-electron chi connectivity index (χ1n) is 14.1. The van der Waals surface area contributed by atoms with Crippen molar-refractivity contribution in [3.8, 4) is 0 Å². The molecule has 0 aliphatic carbocycles. The summed E-state index contributed by atoms with van der Waals surface area (Å²) in [4.78, 5) is 27.2. The van der Waals surface area contributed by atoms with Crippen molar-refractivity contribution in [1.82, 2.24) is 5.32 Å². The van der Waals surface area contributed by atoms with Gasteiger partial charge in [0.25, 0.3) is 0 Å². The molecule has 0 aromatic rings. The normalized spacial score (nSPS) is 12.4. The van der Waals surface area contributed by atoms with Crippen LogP contribution in [-0.4, -0.2) is 35.5 Å². The summed E-state index contributed by atoms with van der Waals surface area (Å²) in [6.07, 6.45) is 19.9. The maximum absolute atomic E-state index is 12.5. The van der Waals surface area contributed by atoms with E-state index in [1.54, 1.807) is 0 Å². The summed E-state index contributed by atoms with van der Waals surface area (Å²) in [7, 11) is 0. The van der Waals surface area contributed by atoms with Crippen molar-refractivity contribution >= 4 is 17.8 Å². The van der Waals surface area contributed by atoms with Crippen molar-refractivity contribution in [1.29, 1.82) is 0 Å². The fraction of sp³-hybridized carbons (Fsp3) is 0.893. The van der Waals surface area contributed by atoms with Crippen LogP contribution >= 0.6 is 0 Å². The number of carboxylic acids is 1. The van der Waals surface area contributed by atoms with Gasteiger partial charge in [-0.15, -0.1) is 0 Å². The quantitative estimate of drug-likeness (QED) is 0.0910. The zero-order chi connectivity index (χ0) is 25.4. The second-order valence-electron chi connectivity index (χ2n) is 10.1. The molecule has 0 rings (SSSR count). The van der Waals surface area contributed by atoms with Crippen molar-refractivity contribution in [2.75, 3.05) is 6.54 Å². The minimum atomic E-state index is -0.710. The van der Waals surface area contributed by atoms with Crippen LogP contribution in [0.4, 0.5) is 0 Å². The third-order valence-corrected chi connectivity index (χ3v) is 6.29. The molecule has 0 aliphatic heterocycles. The molecule has 0 heterocycles. The Morgan fingerprint density at radius 2 is 1.17 bits per heavy atom. The van der Waals surface area contributed by atoms with E-state index in [0.29, 0.717) is 13.0 Å². The number of amides is 1. The van der Waals surface area contributed by atoms with E-state index < -0.39 is 12.0 Å². The van der Waals surface area contributed by atoms with E-state index >= 15 is 0 Å². The van der Waals surface area contributed by atoms with Crippen molar-refractivity contribution < 1.29 is 49.4 Å². The van der Waals surface area contributed by atoms with Gasteiger partial charge in [0.15, 0.2) is 0 Å². The molecule has 1 atom stereocenters. The first-order valence-corrected chi connectivity index (χ1v) is 14.1. The van der Waals surface area contributed by atoms with Crippen LogP contribution in [0.1, 0.15) is 143 Å². The Morgan fingerprint density at radius 1 is 0.743 bits per heavy atom. The molecular weight excluding hydrogens is 451 g/mol. The topological polar surface area (TPSA) is 102 Å². The molecule has 0 spiro atoms. The van der Waals surface area contributed by atoms with Gasteiger partial charge in [-0.3, -0.25) is 14.6 Å². The average Bonchev–Trinajstić information content (AvgIpc) is 2.79. The van der Waals surface area contributed by atoms with Gasteiger partial charge in [0.1, 0.15) is 6.04 Å². The van der Waals surface area contributed by atoms with E-state index in [4.69, 9.17) is 5.11 Å². The molecule has 200 valence electrons. The summed E-state index contributed by atoms with van der Waals surface area (Å²) >= 11 is 0. The van der Waals surface area contributed by atoms with Gasteiger partial charge in [-0.1, -0.05) is 111 Å². The summed E-state index contributed by atoms with van der Waals surface area (Å²) < 4.78 is 0. The summed E-state index contributed by atoms with van der Waals surface area (Å²) in [6, 6.07) is -0.586. The zero-order valence-electron chi connectivity index (χ0n) is 23.4. The summed E-state index contributed by atoms with van der Waals surface area (Å²) in [5.41, 5.74) is 0. The van der Waals surface area contributed by atoms with E-state index in [-0.39, 0.29) is 53.7 Å². The number of aliphatic carboxylic acids is 1. The van der Waals surface area contributed by atoms with Crippen LogP contribution in [0.2, 0.25) is 0 Å². The molecule has 0 aromatic heterocycles. The third kappa shape index (κ3) is 24.9. The number of hydrogen-bond acceptors (Lipinski definition) is 4. The Labute approximate surface area is 237 Å². The molecule has 0 aliphatic rings. The SMILES string of the molecule is CCCCCCCCCCCC([O-])=N[C@@H](C(=O)NCCCCCCCCCCC(=O)O)C(C)C.[Na+]. The number of nitrogens with one attached hydrogen (secondary N) is 1. The van der Waals surface area contributed by atoms with E-state index in [2.05, 4.69) is 17.2 Å². The average molecular weight is 505 g/mol. The minimum Gasteiger partial charge on any atom is -0.862 e. The molecule has 0 saturated carbocycles. The fourth-order valence-electron chi connectivity index (χ4n) is 4.10. The molecular formula is C28H53N2NaO4. The van der Waals surface area contributed by atoms with Crippen molar-refractivity contribution in [3.63, 3.8) is 0 Å². The summed E-state index contributed by atoms with van der Waals surface area (Å²) in [6.45, 7) is 6.74. The predicted molar refractivity (Wildman–Crippen MR) is 140 cm³/mol. The van der Waals surface area contributed by atoms with Crippen molar-refractivity contribution in [3.05, 3.63) is 0 Å². The van der Waals surface area contributed by atoms with Crippen LogP contribution in [0, 0.1) is 5.92 Å². The molecule has 7 heteroatoms. The smallest absolute Gasteiger partial charge is 0.862 e. The minimum absolute atomic E-state index is 0. The van der Waals surface area contributed by atoms with Crippen LogP contribution in [0.5, 0.6) is 0 Å². The van der Waals surface area contributed by atoms with Gasteiger partial charge in [0.2, 0.25) is 5.91 Å². The molecule has 6 nitrogen and oxygen atoms in total. The van der Waals surface area contributed by atoms with Crippen LogP contribution in [0.3, 0.4) is 0 Å². The Bertz CT molecular complexity index is 541. The number of unbranched alkanes of at least 4 members (excludes halogenated alkanes) is 15. The number of nitrogens with zero attached hydrogens (tertiary/aromatic N) is 1. The Balaban J connectivity index is 0. The van der Waals surface area contributed by atoms with Crippen LogP contribution in [-0.2, 0) is 9.59 Å². The number of hydrogen-bond donors (Lipinski definition) is 2. The second kappa shape index (κ2) is 26.5. The van der Waals surface area contributed by atoms with Gasteiger partial charge in [-0.05, 0) is 37.5 Å². The third-order valence-electron chi connectivity index (χ3n) is 6.29. The van der Waals surface area contributed by atoms with Gasteiger partial charge >= 0.3 is 35.5 Å². The molecule has 0 radical (unpaired) electrons. The number of carbonyl (C=O) groups excluding carboxylic acids is 1. The summed E-state index contributed by atoms with van der Waals surface area (Å²) in [5.74, 6) is -0.972. The number of carbonyl (C=O) groups is 2. The number of rotatable bonds is 24. The molecule has 35 heavy (non-hydrogen) atoms. The van der Waals surface area contributed by atoms with Crippen molar-refractivity contribution in [2.24, 2.45) is 10.9 Å². The van der Waals surface area contributed by atoms with Crippen LogP contribution in [0.25, 0.3) is 0 Å². The van der Waals surface area contributed by atoms with E-state index in [9.17, 15) is 14.7 Å². The van der Waals surface area contributed by atoms with Crippen molar-refractivity contribution in [2.45, 2.75) is 149 Å². The predicted octanol–water partition coefficient (Wildman–Crippen LogP) is 3.41. The van der Waals surface area contributed by atoms with E-state index in [0.717, 1.165) is 64.2 Å². The van der Waals surface area contributed by atoms with E-state index in [1.807, 2.05) is 13.8 Å². The number of aliphatic imine (C=N–C) groups is 1. The number of carboxylic acid groups (broad SMARTS) is 1. The Hall–Kier alpha value is -0.590. The van der Waals surface area contributed by atoms with Gasteiger partial charge in [0.05, 0.1) is 0 Å². The van der Waals surface area contributed by atoms with E-state index in [1.165, 1.54) is 44.9 Å². The monoisotopic (exact) mass is 504 g/mol. The Morgan fingerprint density at radius 3 is 1.63 bits per heavy atom. The molecule has 0 unspecified atom stereocenters. The zero-order valence-corrected chi connectivity index (χ0v) is 25.4. The fourth-order valence-corrected chi connectivity index (χ4v) is 4.10. The molecule has 0 aromatic carbocycles. The molecule has 0 saturated heterocycles. The maximum atomic E-state index is 12.5. The standard InChI is InChI=1S/C28H54N2O4.Na/c1-4-5-6-7-8-9-12-15-18-21-25(31)30-27(24(2)3)28(34)29-23-20-17-14-11-10-13-16-19-22-26(32)33;/h24,27H,4-23H2,1-3H3,(H,29,34)(H,30,31)(H,32,33);/q;+1/p-1/t27-;/m1./s1. The van der Waals surface area contributed by atoms with Gasteiger partial charge in [-0.25, -0.2) is 0 Å². The second-order valence-corrected chi connectivity index (χ2v) is 10.1. The molecule has 0 bridgehead atoms. The molecule has 0 fully saturated rings. The van der Waals surface area contributed by atoms with Gasteiger partial charge in [0, 0.05) is 13.0 Å². The van der Waals surface area contributed by atoms with Crippen LogP contribution in [0.15, 0.2) is 4.99 Å². The molecule has 1 amide bonds. The first kappa shape index (κ1) is 36.6.